The van der Waals surface area contributed by atoms with Crippen LogP contribution < -0.4 is 10.6 Å². The third-order valence-electron chi connectivity index (χ3n) is 2.07. The summed E-state index contributed by atoms with van der Waals surface area (Å²) in [5, 5.41) is 5.31. The first-order chi connectivity index (χ1) is 6.53. The minimum atomic E-state index is -2.83. The van der Waals surface area contributed by atoms with Crippen molar-refractivity contribution >= 4 is 33.6 Å². The van der Waals surface area contributed by atoms with Crippen molar-refractivity contribution in [3.05, 3.63) is 0 Å². The molecule has 2 N–H and O–H groups in total. The Morgan fingerprint density at radius 1 is 1.57 bits per heavy atom. The lowest BCUT2D eigenvalue weighted by atomic mass is 10.1. The zero-order chi connectivity index (χ0) is 10.6. The molecular formula is C7H12N2O3S2. The maximum atomic E-state index is 11.1. The van der Waals surface area contributed by atoms with Crippen molar-refractivity contribution in [3.63, 3.8) is 0 Å². The van der Waals surface area contributed by atoms with Gasteiger partial charge in [-0.25, -0.2) is 8.42 Å². The number of sulfone groups is 1. The maximum absolute atomic E-state index is 11.1. The van der Waals surface area contributed by atoms with E-state index in [1.165, 1.54) is 0 Å². The minimum absolute atomic E-state index is 0.103. The highest BCUT2D eigenvalue weighted by Crippen LogP contribution is 2.17. The second-order valence-corrected chi connectivity index (χ2v) is 5.88. The van der Waals surface area contributed by atoms with E-state index in [0.29, 0.717) is 19.4 Å². The van der Waals surface area contributed by atoms with Crippen molar-refractivity contribution in [2.24, 2.45) is 5.92 Å². The highest BCUT2D eigenvalue weighted by molar-refractivity contribution is 7.91. The summed E-state index contributed by atoms with van der Waals surface area (Å²) in [6.45, 7) is 0.499. The van der Waals surface area contributed by atoms with Crippen molar-refractivity contribution in [2.45, 2.75) is 6.42 Å². The second kappa shape index (κ2) is 4.70. The van der Waals surface area contributed by atoms with Crippen LogP contribution in [0, 0.1) is 5.92 Å². The van der Waals surface area contributed by atoms with Gasteiger partial charge in [-0.3, -0.25) is 4.79 Å². The van der Waals surface area contributed by atoms with E-state index in [1.54, 1.807) is 0 Å². The summed E-state index contributed by atoms with van der Waals surface area (Å²) in [6.07, 6.45) is 1.15. The summed E-state index contributed by atoms with van der Waals surface area (Å²) in [5.41, 5.74) is 0. The Kier molecular flexibility index (Phi) is 3.82. The molecule has 0 saturated carbocycles. The van der Waals surface area contributed by atoms with Crippen LogP contribution in [-0.4, -0.2) is 38.0 Å². The second-order valence-electron chi connectivity index (χ2n) is 3.24. The van der Waals surface area contributed by atoms with Crippen LogP contribution in [-0.2, 0) is 14.6 Å². The van der Waals surface area contributed by atoms with E-state index in [0.717, 1.165) is 0 Å². The van der Waals surface area contributed by atoms with Crippen LogP contribution in [0.1, 0.15) is 6.42 Å². The quantitative estimate of drug-likeness (QED) is 0.488. The molecule has 0 aromatic carbocycles. The molecule has 0 spiro atoms. The number of hydrogen-bond acceptors (Lipinski definition) is 4. The molecule has 0 bridgehead atoms. The molecule has 0 aromatic rings. The summed E-state index contributed by atoms with van der Waals surface area (Å²) >= 11 is 4.74. The molecule has 14 heavy (non-hydrogen) atoms. The van der Waals surface area contributed by atoms with E-state index < -0.39 is 9.84 Å². The van der Waals surface area contributed by atoms with E-state index in [-0.39, 0.29) is 22.5 Å². The van der Waals surface area contributed by atoms with Gasteiger partial charge in [0, 0.05) is 6.54 Å². The molecule has 5 nitrogen and oxygen atoms in total. The monoisotopic (exact) mass is 236 g/mol. The lowest BCUT2D eigenvalue weighted by molar-refractivity contribution is -0.108. The van der Waals surface area contributed by atoms with E-state index in [1.807, 2.05) is 0 Å². The molecule has 0 aromatic heterocycles. The standard InChI is InChI=1S/C7H12N2O3S2/c10-5-9-7(13)8-3-6-1-2-14(11,12)4-6/h5-6H,1-4H2,(H2,8,9,10,13). The largest absolute Gasteiger partial charge is 0.362 e. The first kappa shape index (κ1) is 11.4. The smallest absolute Gasteiger partial charge is 0.213 e. The van der Waals surface area contributed by atoms with Crippen molar-refractivity contribution in [1.82, 2.24) is 10.6 Å². The molecule has 80 valence electrons. The third-order valence-corrected chi connectivity index (χ3v) is 4.17. The Morgan fingerprint density at radius 3 is 2.79 bits per heavy atom. The van der Waals surface area contributed by atoms with Crippen LogP contribution in [0.15, 0.2) is 0 Å². The number of thiocarbonyl (C=S) groups is 1. The summed E-state index contributed by atoms with van der Waals surface area (Å²) < 4.78 is 22.2. The molecule has 1 amide bonds. The summed E-state index contributed by atoms with van der Waals surface area (Å²) in [5.74, 6) is 0.572. The van der Waals surface area contributed by atoms with Gasteiger partial charge < -0.3 is 10.6 Å². The van der Waals surface area contributed by atoms with Crippen LogP contribution in [0.5, 0.6) is 0 Å². The van der Waals surface area contributed by atoms with Gasteiger partial charge >= 0.3 is 0 Å². The van der Waals surface area contributed by atoms with Crippen LogP contribution in [0.25, 0.3) is 0 Å². The average molecular weight is 236 g/mol. The Balaban J connectivity index is 2.27. The Hall–Kier alpha value is -0.690. The third kappa shape index (κ3) is 3.59. The van der Waals surface area contributed by atoms with Crippen LogP contribution in [0.2, 0.25) is 0 Å². The van der Waals surface area contributed by atoms with Gasteiger partial charge in [0.15, 0.2) is 14.9 Å². The van der Waals surface area contributed by atoms with Crippen molar-refractivity contribution in [1.29, 1.82) is 0 Å². The number of rotatable bonds is 3. The van der Waals surface area contributed by atoms with Crippen LogP contribution in [0.3, 0.4) is 0 Å². The number of amides is 1. The van der Waals surface area contributed by atoms with E-state index >= 15 is 0 Å². The predicted molar refractivity (Wildman–Crippen MR) is 56.6 cm³/mol. The fraction of sp³-hybridized carbons (Fsp3) is 0.714. The molecule has 1 rings (SSSR count). The summed E-state index contributed by atoms with van der Waals surface area (Å²) in [6, 6.07) is 0. The zero-order valence-electron chi connectivity index (χ0n) is 7.52. The van der Waals surface area contributed by atoms with Crippen molar-refractivity contribution in [3.8, 4) is 0 Å². The van der Waals surface area contributed by atoms with Gasteiger partial charge in [-0.05, 0) is 24.6 Å². The fourth-order valence-corrected chi connectivity index (χ4v) is 3.37. The highest BCUT2D eigenvalue weighted by Gasteiger charge is 2.27. The van der Waals surface area contributed by atoms with Gasteiger partial charge in [-0.1, -0.05) is 0 Å². The first-order valence-electron chi connectivity index (χ1n) is 4.22. The van der Waals surface area contributed by atoms with Gasteiger partial charge in [-0.2, -0.15) is 0 Å². The molecule has 1 aliphatic heterocycles. The first-order valence-corrected chi connectivity index (χ1v) is 6.45. The summed E-state index contributed by atoms with van der Waals surface area (Å²) in [7, 11) is -2.83. The molecule has 1 aliphatic rings. The molecule has 7 heteroatoms. The van der Waals surface area contributed by atoms with Gasteiger partial charge in [0.2, 0.25) is 6.41 Å². The Bertz CT molecular complexity index is 326. The van der Waals surface area contributed by atoms with Crippen LogP contribution in [0.4, 0.5) is 0 Å². The number of nitrogens with one attached hydrogen (secondary N) is 2. The van der Waals surface area contributed by atoms with Crippen molar-refractivity contribution < 1.29 is 13.2 Å². The van der Waals surface area contributed by atoms with E-state index in [2.05, 4.69) is 10.6 Å². The molecule has 1 fully saturated rings. The molecule has 1 heterocycles. The lowest BCUT2D eigenvalue weighted by Crippen LogP contribution is -2.37. The number of carbonyl (C=O) groups excluding carboxylic acids is 1. The number of hydrogen-bond donors (Lipinski definition) is 2. The fourth-order valence-electron chi connectivity index (χ4n) is 1.37. The predicted octanol–water partition coefficient (Wildman–Crippen LogP) is -0.958. The molecule has 1 unspecified atom stereocenters. The van der Waals surface area contributed by atoms with Gasteiger partial charge in [-0.15, -0.1) is 0 Å². The minimum Gasteiger partial charge on any atom is -0.362 e. The number of carbonyl (C=O) groups is 1. The van der Waals surface area contributed by atoms with Gasteiger partial charge in [0.25, 0.3) is 0 Å². The normalized spacial score (nSPS) is 24.1. The van der Waals surface area contributed by atoms with Crippen molar-refractivity contribution in [2.75, 3.05) is 18.1 Å². The topological polar surface area (TPSA) is 75.3 Å². The molecule has 1 saturated heterocycles. The van der Waals surface area contributed by atoms with Crippen LogP contribution >= 0.6 is 12.2 Å². The maximum Gasteiger partial charge on any atom is 0.213 e. The Labute approximate surface area is 88.2 Å². The lowest BCUT2D eigenvalue weighted by Gasteiger charge is -2.10. The molecular weight excluding hydrogens is 224 g/mol. The highest BCUT2D eigenvalue weighted by atomic mass is 32.2. The van der Waals surface area contributed by atoms with E-state index in [4.69, 9.17) is 12.2 Å². The van der Waals surface area contributed by atoms with Gasteiger partial charge in [0.1, 0.15) is 0 Å². The molecule has 0 radical (unpaired) electrons. The molecule has 1 atom stereocenters. The average Bonchev–Trinajstić information content (AvgIpc) is 2.43. The Morgan fingerprint density at radius 2 is 2.29 bits per heavy atom. The van der Waals surface area contributed by atoms with E-state index in [9.17, 15) is 13.2 Å². The summed E-state index contributed by atoms with van der Waals surface area (Å²) in [4.78, 5) is 9.98. The zero-order valence-corrected chi connectivity index (χ0v) is 9.16. The van der Waals surface area contributed by atoms with Gasteiger partial charge in [0.05, 0.1) is 11.5 Å². The molecule has 0 aliphatic carbocycles. The SMILES string of the molecule is O=CNC(=S)NCC1CCS(=O)(=O)C1.